The zero-order valence-corrected chi connectivity index (χ0v) is 14.5. The second kappa shape index (κ2) is 7.11. The first-order valence-electron chi connectivity index (χ1n) is 8.47. The van der Waals surface area contributed by atoms with E-state index in [2.05, 4.69) is 10.3 Å². The van der Waals surface area contributed by atoms with Crippen molar-refractivity contribution in [3.63, 3.8) is 0 Å². The van der Waals surface area contributed by atoms with Crippen molar-refractivity contribution in [2.75, 3.05) is 18.5 Å². The van der Waals surface area contributed by atoms with Crippen molar-refractivity contribution >= 4 is 11.7 Å². The molecule has 1 aromatic carbocycles. The second-order valence-corrected chi connectivity index (χ2v) is 6.39. The lowest BCUT2D eigenvalue weighted by molar-refractivity contribution is -0.120. The number of nitrogens with one attached hydrogen (secondary N) is 1. The molecule has 0 saturated heterocycles. The van der Waals surface area contributed by atoms with Crippen LogP contribution in [-0.4, -0.2) is 29.6 Å². The largest absolute Gasteiger partial charge is 0.486 e. The molecule has 1 aromatic heterocycles. The normalized spacial score (nSPS) is 15.3. The average molecular weight is 341 g/mol. The molecule has 1 amide bonds. The number of aromatic nitrogens is 1. The summed E-state index contributed by atoms with van der Waals surface area (Å²) in [6, 6.07) is 11.2. The summed E-state index contributed by atoms with van der Waals surface area (Å²) >= 11 is 0. The summed E-state index contributed by atoms with van der Waals surface area (Å²) in [4.78, 5) is 16.9. The van der Waals surface area contributed by atoms with Gasteiger partial charge in [-0.25, -0.2) is 4.98 Å². The first-order valence-corrected chi connectivity index (χ1v) is 8.47. The van der Waals surface area contributed by atoms with Gasteiger partial charge in [-0.15, -0.1) is 0 Å². The monoisotopic (exact) mass is 341 g/mol. The van der Waals surface area contributed by atoms with Gasteiger partial charge in [-0.05, 0) is 43.7 Å². The average Bonchev–Trinajstić information content (AvgIpc) is 2.61. The first-order chi connectivity index (χ1) is 12.0. The van der Waals surface area contributed by atoms with Gasteiger partial charge in [-0.3, -0.25) is 4.79 Å². The zero-order valence-electron chi connectivity index (χ0n) is 14.5. The number of hydrogen-bond acceptors (Lipinski definition) is 5. The third-order valence-electron chi connectivity index (χ3n) is 4.12. The third-order valence-corrected chi connectivity index (χ3v) is 4.12. The van der Waals surface area contributed by atoms with Gasteiger partial charge in [0.15, 0.2) is 11.5 Å². The highest BCUT2D eigenvalue weighted by molar-refractivity contribution is 5.97. The predicted molar refractivity (Wildman–Crippen MR) is 96.8 cm³/mol. The maximum absolute atomic E-state index is 12.4. The molecule has 3 rings (SSSR count). The van der Waals surface area contributed by atoms with Crippen molar-refractivity contribution in [2.45, 2.75) is 32.2 Å². The highest BCUT2D eigenvalue weighted by Crippen LogP contribution is 2.34. The van der Waals surface area contributed by atoms with Crippen LogP contribution in [0.1, 0.15) is 26.7 Å². The standard InChI is InChI=1S/C19H23N3O3/c1-3-9-19(2,20)18(23)22-17-6-4-5-14(21-17)13-7-8-15-16(12-13)25-11-10-24-15/h4-8,12H,3,9-11,20H2,1-2H3,(H,21,22,23). The molecule has 1 unspecified atom stereocenters. The number of anilines is 1. The Balaban J connectivity index is 1.81. The summed E-state index contributed by atoms with van der Waals surface area (Å²) in [5.74, 6) is 1.68. The number of ether oxygens (including phenoxy) is 2. The van der Waals surface area contributed by atoms with Crippen LogP contribution in [0.25, 0.3) is 11.3 Å². The van der Waals surface area contributed by atoms with Crippen molar-refractivity contribution < 1.29 is 14.3 Å². The number of amides is 1. The number of pyridine rings is 1. The van der Waals surface area contributed by atoms with Crippen molar-refractivity contribution in [1.82, 2.24) is 4.98 Å². The van der Waals surface area contributed by atoms with Gasteiger partial charge < -0.3 is 20.5 Å². The lowest BCUT2D eigenvalue weighted by Crippen LogP contribution is -2.48. The van der Waals surface area contributed by atoms with Crippen LogP contribution < -0.4 is 20.5 Å². The van der Waals surface area contributed by atoms with Crippen molar-refractivity contribution in [3.8, 4) is 22.8 Å². The number of carbonyl (C=O) groups is 1. The number of nitrogens with two attached hydrogens (primary N) is 1. The molecule has 25 heavy (non-hydrogen) atoms. The van der Waals surface area contributed by atoms with E-state index in [9.17, 15) is 4.79 Å². The van der Waals surface area contributed by atoms with E-state index in [1.807, 2.05) is 37.3 Å². The molecule has 132 valence electrons. The van der Waals surface area contributed by atoms with Gasteiger partial charge in [0.2, 0.25) is 5.91 Å². The molecule has 1 atom stereocenters. The number of nitrogens with zero attached hydrogens (tertiary/aromatic N) is 1. The Morgan fingerprint density at radius 3 is 2.76 bits per heavy atom. The summed E-state index contributed by atoms with van der Waals surface area (Å²) in [5.41, 5.74) is 6.79. The van der Waals surface area contributed by atoms with Crippen LogP contribution in [0.4, 0.5) is 5.82 Å². The number of hydrogen-bond donors (Lipinski definition) is 2. The van der Waals surface area contributed by atoms with Gasteiger partial charge >= 0.3 is 0 Å². The minimum Gasteiger partial charge on any atom is -0.486 e. The van der Waals surface area contributed by atoms with Gasteiger partial charge in [0.25, 0.3) is 0 Å². The minimum absolute atomic E-state index is 0.235. The Morgan fingerprint density at radius 1 is 1.24 bits per heavy atom. The van der Waals surface area contributed by atoms with Gasteiger partial charge in [0.05, 0.1) is 11.2 Å². The molecule has 0 saturated carbocycles. The fourth-order valence-electron chi connectivity index (χ4n) is 2.76. The molecule has 0 bridgehead atoms. The molecule has 6 nitrogen and oxygen atoms in total. The number of carbonyl (C=O) groups excluding carboxylic acids is 1. The van der Waals surface area contributed by atoms with Crippen molar-refractivity contribution in [1.29, 1.82) is 0 Å². The maximum Gasteiger partial charge on any atom is 0.245 e. The van der Waals surface area contributed by atoms with E-state index in [-0.39, 0.29) is 5.91 Å². The summed E-state index contributed by atoms with van der Waals surface area (Å²) < 4.78 is 11.1. The summed E-state index contributed by atoms with van der Waals surface area (Å²) in [5, 5.41) is 2.81. The summed E-state index contributed by atoms with van der Waals surface area (Å²) in [7, 11) is 0. The van der Waals surface area contributed by atoms with Crippen molar-refractivity contribution in [2.24, 2.45) is 5.73 Å². The lowest BCUT2D eigenvalue weighted by atomic mass is 9.96. The van der Waals surface area contributed by atoms with Gasteiger partial charge in [-0.1, -0.05) is 19.4 Å². The molecule has 0 fully saturated rings. The Bertz CT molecular complexity index is 774. The van der Waals surface area contributed by atoms with E-state index in [0.717, 1.165) is 23.4 Å². The third kappa shape index (κ3) is 3.91. The quantitative estimate of drug-likeness (QED) is 0.873. The molecular weight excluding hydrogens is 318 g/mol. The highest BCUT2D eigenvalue weighted by Gasteiger charge is 2.27. The Labute approximate surface area is 147 Å². The smallest absolute Gasteiger partial charge is 0.245 e. The zero-order chi connectivity index (χ0) is 17.9. The summed E-state index contributed by atoms with van der Waals surface area (Å²) in [6.45, 7) is 4.82. The fraction of sp³-hybridized carbons (Fsp3) is 0.368. The van der Waals surface area contributed by atoms with Crippen LogP contribution in [-0.2, 0) is 4.79 Å². The summed E-state index contributed by atoms with van der Waals surface area (Å²) in [6.07, 6.45) is 1.45. The van der Waals surface area contributed by atoms with Crippen LogP contribution >= 0.6 is 0 Å². The van der Waals surface area contributed by atoms with Gasteiger partial charge in [0, 0.05) is 5.56 Å². The molecule has 1 aliphatic heterocycles. The molecular formula is C19H23N3O3. The molecule has 0 spiro atoms. The second-order valence-electron chi connectivity index (χ2n) is 6.39. The first kappa shape index (κ1) is 17.2. The fourth-order valence-corrected chi connectivity index (χ4v) is 2.76. The molecule has 1 aliphatic rings. The van der Waals surface area contributed by atoms with E-state index < -0.39 is 5.54 Å². The van der Waals surface area contributed by atoms with Crippen LogP contribution in [0.15, 0.2) is 36.4 Å². The molecule has 3 N–H and O–H groups in total. The molecule has 6 heteroatoms. The molecule has 2 aromatic rings. The van der Waals surface area contributed by atoms with E-state index >= 15 is 0 Å². The minimum atomic E-state index is -0.913. The Hall–Kier alpha value is -2.60. The lowest BCUT2D eigenvalue weighted by Gasteiger charge is -2.22. The molecule has 2 heterocycles. The highest BCUT2D eigenvalue weighted by atomic mass is 16.6. The Morgan fingerprint density at radius 2 is 2.00 bits per heavy atom. The maximum atomic E-state index is 12.4. The van der Waals surface area contributed by atoms with Crippen LogP contribution in [0.2, 0.25) is 0 Å². The van der Waals surface area contributed by atoms with E-state index in [1.54, 1.807) is 13.0 Å². The van der Waals surface area contributed by atoms with Crippen LogP contribution in [0.3, 0.4) is 0 Å². The van der Waals surface area contributed by atoms with Gasteiger partial charge in [-0.2, -0.15) is 0 Å². The number of benzene rings is 1. The van der Waals surface area contributed by atoms with Crippen LogP contribution in [0, 0.1) is 0 Å². The topological polar surface area (TPSA) is 86.5 Å². The molecule has 0 radical (unpaired) electrons. The predicted octanol–water partition coefficient (Wildman–Crippen LogP) is 2.98. The van der Waals surface area contributed by atoms with Crippen LogP contribution in [0.5, 0.6) is 11.5 Å². The van der Waals surface area contributed by atoms with E-state index in [0.29, 0.717) is 31.2 Å². The number of fused-ring (bicyclic) bond motifs is 1. The SMILES string of the molecule is CCCC(C)(N)C(=O)Nc1cccc(-c2ccc3c(c2)OCCO3)n1. The Kier molecular flexibility index (Phi) is 4.90. The molecule has 0 aliphatic carbocycles. The van der Waals surface area contributed by atoms with E-state index in [1.165, 1.54) is 0 Å². The van der Waals surface area contributed by atoms with Gasteiger partial charge in [0.1, 0.15) is 19.0 Å². The number of rotatable bonds is 5. The van der Waals surface area contributed by atoms with E-state index in [4.69, 9.17) is 15.2 Å². The van der Waals surface area contributed by atoms with Crippen molar-refractivity contribution in [3.05, 3.63) is 36.4 Å².